The molecule has 0 radical (unpaired) electrons. The first-order chi connectivity index (χ1) is 7.09. The molecule has 2 nitrogen and oxygen atoms in total. The lowest BCUT2D eigenvalue weighted by atomic mass is 10.1. The molecule has 2 aromatic rings. The van der Waals surface area contributed by atoms with Gasteiger partial charge in [-0.1, -0.05) is 19.9 Å². The van der Waals surface area contributed by atoms with E-state index in [1.165, 1.54) is 12.1 Å². The third-order valence-electron chi connectivity index (χ3n) is 2.46. The molecule has 1 aromatic heterocycles. The maximum absolute atomic E-state index is 13.4. The first kappa shape index (κ1) is 9.90. The molecule has 0 saturated carbocycles. The summed E-state index contributed by atoms with van der Waals surface area (Å²) in [5.74, 6) is -0.200. The summed E-state index contributed by atoms with van der Waals surface area (Å²) in [7, 11) is 0. The van der Waals surface area contributed by atoms with Crippen LogP contribution in [0.15, 0.2) is 29.1 Å². The predicted molar refractivity (Wildman–Crippen MR) is 58.6 cm³/mol. The number of hydrogen-bond donors (Lipinski definition) is 1. The second-order valence-electron chi connectivity index (χ2n) is 3.91. The van der Waals surface area contributed by atoms with Crippen molar-refractivity contribution in [1.82, 2.24) is 4.98 Å². The van der Waals surface area contributed by atoms with Crippen molar-refractivity contribution in [2.45, 2.75) is 19.8 Å². The van der Waals surface area contributed by atoms with Crippen LogP contribution in [-0.4, -0.2) is 4.98 Å². The zero-order valence-corrected chi connectivity index (χ0v) is 8.67. The SMILES string of the molecule is CC(C)c1cc(=O)c2cccc(F)c2[nH]1. The number of para-hydroxylation sites is 1. The lowest BCUT2D eigenvalue weighted by molar-refractivity contribution is 0.635. The van der Waals surface area contributed by atoms with Crippen molar-refractivity contribution in [1.29, 1.82) is 0 Å². The van der Waals surface area contributed by atoms with Gasteiger partial charge in [0.25, 0.3) is 0 Å². The van der Waals surface area contributed by atoms with Gasteiger partial charge in [0.2, 0.25) is 0 Å². The molecule has 0 aliphatic rings. The van der Waals surface area contributed by atoms with Crippen molar-refractivity contribution in [3.63, 3.8) is 0 Å². The van der Waals surface area contributed by atoms with Crippen LogP contribution in [0.5, 0.6) is 0 Å². The van der Waals surface area contributed by atoms with E-state index in [1.807, 2.05) is 13.8 Å². The Bertz CT molecular complexity index is 557. The molecule has 0 bridgehead atoms. The Morgan fingerprint density at radius 2 is 2.07 bits per heavy atom. The Morgan fingerprint density at radius 3 is 2.73 bits per heavy atom. The maximum Gasteiger partial charge on any atom is 0.189 e. The van der Waals surface area contributed by atoms with Gasteiger partial charge in [-0.15, -0.1) is 0 Å². The van der Waals surface area contributed by atoms with Crippen LogP contribution < -0.4 is 5.43 Å². The molecule has 0 fully saturated rings. The average molecular weight is 205 g/mol. The molecular weight excluding hydrogens is 193 g/mol. The molecule has 0 atom stereocenters. The van der Waals surface area contributed by atoms with E-state index in [2.05, 4.69) is 4.98 Å². The van der Waals surface area contributed by atoms with Gasteiger partial charge in [-0.25, -0.2) is 4.39 Å². The van der Waals surface area contributed by atoms with E-state index < -0.39 is 0 Å². The summed E-state index contributed by atoms with van der Waals surface area (Å²) in [5.41, 5.74) is 0.929. The highest BCUT2D eigenvalue weighted by Crippen LogP contribution is 2.16. The Labute approximate surface area is 86.8 Å². The summed E-state index contributed by atoms with van der Waals surface area (Å²) in [6.07, 6.45) is 0. The zero-order chi connectivity index (χ0) is 11.0. The quantitative estimate of drug-likeness (QED) is 0.762. The predicted octanol–water partition coefficient (Wildman–Crippen LogP) is 2.79. The fourth-order valence-electron chi connectivity index (χ4n) is 1.57. The third-order valence-corrected chi connectivity index (χ3v) is 2.46. The van der Waals surface area contributed by atoms with Crippen molar-refractivity contribution in [3.8, 4) is 0 Å². The molecule has 3 heteroatoms. The highest BCUT2D eigenvalue weighted by Gasteiger charge is 2.07. The lowest BCUT2D eigenvalue weighted by Crippen LogP contribution is -2.07. The monoisotopic (exact) mass is 205 g/mol. The highest BCUT2D eigenvalue weighted by atomic mass is 19.1. The van der Waals surface area contributed by atoms with E-state index in [0.717, 1.165) is 5.69 Å². The molecular formula is C12H12FNO. The Balaban J connectivity index is 2.86. The van der Waals surface area contributed by atoms with Crippen molar-refractivity contribution in [2.24, 2.45) is 0 Å². The number of aromatic nitrogens is 1. The fourth-order valence-corrected chi connectivity index (χ4v) is 1.57. The van der Waals surface area contributed by atoms with Crippen molar-refractivity contribution in [3.05, 3.63) is 46.0 Å². The summed E-state index contributed by atoms with van der Waals surface area (Å²) in [6, 6.07) is 6.05. The molecule has 0 spiro atoms. The molecule has 0 saturated heterocycles. The molecule has 0 aliphatic carbocycles. The first-order valence-electron chi connectivity index (χ1n) is 4.91. The first-order valence-corrected chi connectivity index (χ1v) is 4.91. The number of aromatic amines is 1. The molecule has 1 heterocycles. The molecule has 1 N–H and O–H groups in total. The van der Waals surface area contributed by atoms with E-state index in [4.69, 9.17) is 0 Å². The van der Waals surface area contributed by atoms with Gasteiger partial charge in [0.15, 0.2) is 5.43 Å². The van der Waals surface area contributed by atoms with Gasteiger partial charge in [0, 0.05) is 17.1 Å². The molecule has 2 rings (SSSR count). The van der Waals surface area contributed by atoms with E-state index in [1.54, 1.807) is 12.1 Å². The molecule has 0 aliphatic heterocycles. The van der Waals surface area contributed by atoms with E-state index in [0.29, 0.717) is 10.9 Å². The summed E-state index contributed by atoms with van der Waals surface area (Å²) in [5, 5.41) is 0.402. The summed E-state index contributed by atoms with van der Waals surface area (Å²) in [6.45, 7) is 3.91. The number of hydrogen-bond acceptors (Lipinski definition) is 1. The number of fused-ring (bicyclic) bond motifs is 1. The van der Waals surface area contributed by atoms with Gasteiger partial charge in [0.1, 0.15) is 5.82 Å². The van der Waals surface area contributed by atoms with Crippen LogP contribution in [0.4, 0.5) is 4.39 Å². The molecule has 15 heavy (non-hydrogen) atoms. The van der Waals surface area contributed by atoms with Crippen LogP contribution in [-0.2, 0) is 0 Å². The summed E-state index contributed by atoms with van der Waals surface area (Å²) >= 11 is 0. The number of pyridine rings is 1. The number of H-pyrrole nitrogens is 1. The van der Waals surface area contributed by atoms with Gasteiger partial charge in [-0.3, -0.25) is 4.79 Å². The van der Waals surface area contributed by atoms with Gasteiger partial charge in [0.05, 0.1) is 5.52 Å². The van der Waals surface area contributed by atoms with Crippen LogP contribution in [0, 0.1) is 5.82 Å². The number of rotatable bonds is 1. The van der Waals surface area contributed by atoms with E-state index in [9.17, 15) is 9.18 Å². The second kappa shape index (κ2) is 3.50. The zero-order valence-electron chi connectivity index (χ0n) is 8.67. The second-order valence-corrected chi connectivity index (χ2v) is 3.91. The highest BCUT2D eigenvalue weighted by molar-refractivity contribution is 5.79. The number of nitrogens with one attached hydrogen (secondary N) is 1. The maximum atomic E-state index is 13.4. The van der Waals surface area contributed by atoms with Crippen molar-refractivity contribution < 1.29 is 4.39 Å². The topological polar surface area (TPSA) is 32.9 Å². The van der Waals surface area contributed by atoms with Gasteiger partial charge in [-0.05, 0) is 18.1 Å². The van der Waals surface area contributed by atoms with Crippen molar-refractivity contribution >= 4 is 10.9 Å². The third kappa shape index (κ3) is 1.65. The number of benzene rings is 1. The van der Waals surface area contributed by atoms with Gasteiger partial charge >= 0.3 is 0 Å². The largest absolute Gasteiger partial charge is 0.356 e. The Hall–Kier alpha value is -1.64. The number of halogens is 1. The summed E-state index contributed by atoms with van der Waals surface area (Å²) < 4.78 is 13.4. The molecule has 1 aromatic carbocycles. The van der Waals surface area contributed by atoms with Gasteiger partial charge in [-0.2, -0.15) is 0 Å². The minimum atomic E-state index is -0.382. The van der Waals surface area contributed by atoms with E-state index in [-0.39, 0.29) is 17.2 Å². The Morgan fingerprint density at radius 1 is 1.33 bits per heavy atom. The van der Waals surface area contributed by atoms with Crippen LogP contribution in [0.25, 0.3) is 10.9 Å². The van der Waals surface area contributed by atoms with Crippen LogP contribution >= 0.6 is 0 Å². The lowest BCUT2D eigenvalue weighted by Gasteiger charge is -2.07. The van der Waals surface area contributed by atoms with Crippen LogP contribution in [0.2, 0.25) is 0 Å². The fraction of sp³-hybridized carbons (Fsp3) is 0.250. The molecule has 78 valence electrons. The standard InChI is InChI=1S/C12H12FNO/c1-7(2)10-6-11(15)8-4-3-5-9(13)12(8)14-10/h3-7H,1-2H3,(H,14,15). The van der Waals surface area contributed by atoms with Crippen LogP contribution in [0.3, 0.4) is 0 Å². The molecule has 0 unspecified atom stereocenters. The van der Waals surface area contributed by atoms with Crippen LogP contribution in [0.1, 0.15) is 25.5 Å². The van der Waals surface area contributed by atoms with E-state index >= 15 is 0 Å². The molecule has 0 amide bonds. The van der Waals surface area contributed by atoms with Crippen molar-refractivity contribution in [2.75, 3.05) is 0 Å². The summed E-state index contributed by atoms with van der Waals surface area (Å²) in [4.78, 5) is 14.6. The minimum Gasteiger partial charge on any atom is -0.356 e. The average Bonchev–Trinajstić information content (AvgIpc) is 2.19. The Kier molecular flexibility index (Phi) is 2.31. The smallest absolute Gasteiger partial charge is 0.189 e. The van der Waals surface area contributed by atoms with Gasteiger partial charge < -0.3 is 4.98 Å². The normalized spacial score (nSPS) is 11.2. The minimum absolute atomic E-state index is 0.132.